The fraction of sp³-hybridized carbons (Fsp3) is 0.308. The van der Waals surface area contributed by atoms with E-state index in [1.807, 2.05) is 6.07 Å². The molecule has 2 aromatic rings. The van der Waals surface area contributed by atoms with Gasteiger partial charge in [0.15, 0.2) is 0 Å². The van der Waals surface area contributed by atoms with Gasteiger partial charge in [0.25, 0.3) is 0 Å². The van der Waals surface area contributed by atoms with Gasteiger partial charge in [0, 0.05) is 5.39 Å². The number of aromatic nitrogens is 1. The summed E-state index contributed by atoms with van der Waals surface area (Å²) in [7, 11) is 0. The monoisotopic (exact) mass is 263 g/mol. The van der Waals surface area contributed by atoms with Crippen LogP contribution in [0.5, 0.6) is 0 Å². The molecule has 0 unspecified atom stereocenters. The van der Waals surface area contributed by atoms with Crippen molar-refractivity contribution in [3.05, 3.63) is 40.5 Å². The molecule has 1 nitrogen and oxygen atoms in total. The average molecular weight is 264 g/mol. The minimum atomic E-state index is 0.132. The maximum atomic E-state index is 4.56. The number of fused-ring (bicyclic) bond motifs is 1. The second-order valence-corrected chi connectivity index (χ2v) is 5.57. The van der Waals surface area contributed by atoms with Gasteiger partial charge >= 0.3 is 0 Å². The predicted octanol–water partition coefficient (Wildman–Crippen LogP) is 4.29. The second kappa shape index (κ2) is 3.60. The first-order valence-corrected chi connectivity index (χ1v) is 5.83. The van der Waals surface area contributed by atoms with Gasteiger partial charge in [0.05, 0.1) is 5.52 Å². The molecule has 0 aliphatic rings. The van der Waals surface area contributed by atoms with Crippen LogP contribution in [0.1, 0.15) is 26.3 Å². The van der Waals surface area contributed by atoms with Crippen molar-refractivity contribution in [1.29, 1.82) is 0 Å². The third-order valence-electron chi connectivity index (χ3n) is 2.49. The van der Waals surface area contributed by atoms with E-state index < -0.39 is 0 Å². The molecule has 0 aliphatic carbocycles. The van der Waals surface area contributed by atoms with E-state index in [0.717, 1.165) is 10.1 Å². The Morgan fingerprint density at radius 2 is 1.80 bits per heavy atom. The van der Waals surface area contributed by atoms with E-state index in [1.165, 1.54) is 10.9 Å². The standard InChI is InChI=1S/C13H14BrN/c1-13(2,3)10-6-4-5-9-7-8-11(14)15-12(9)10/h4-8H,1-3H3. The van der Waals surface area contributed by atoms with Crippen molar-refractivity contribution in [1.82, 2.24) is 4.98 Å². The molecule has 0 atom stereocenters. The van der Waals surface area contributed by atoms with Crippen LogP contribution in [0.4, 0.5) is 0 Å². The van der Waals surface area contributed by atoms with Crippen LogP contribution in [0.3, 0.4) is 0 Å². The fourth-order valence-electron chi connectivity index (χ4n) is 1.73. The smallest absolute Gasteiger partial charge is 0.106 e. The van der Waals surface area contributed by atoms with Crippen molar-refractivity contribution in [2.45, 2.75) is 26.2 Å². The molecule has 0 saturated carbocycles. The summed E-state index contributed by atoms with van der Waals surface area (Å²) in [5.74, 6) is 0. The Bertz CT molecular complexity index is 497. The maximum absolute atomic E-state index is 4.56. The highest BCUT2D eigenvalue weighted by atomic mass is 79.9. The first-order valence-electron chi connectivity index (χ1n) is 5.04. The van der Waals surface area contributed by atoms with Gasteiger partial charge in [-0.15, -0.1) is 0 Å². The van der Waals surface area contributed by atoms with Crippen LogP contribution in [0.25, 0.3) is 10.9 Å². The number of pyridine rings is 1. The lowest BCUT2D eigenvalue weighted by Gasteiger charge is -2.20. The Balaban J connectivity index is 2.80. The Labute approximate surface area is 98.7 Å². The van der Waals surface area contributed by atoms with Crippen LogP contribution in [0.2, 0.25) is 0 Å². The second-order valence-electron chi connectivity index (χ2n) is 4.76. The van der Waals surface area contributed by atoms with Crippen molar-refractivity contribution in [2.24, 2.45) is 0 Å². The molecule has 15 heavy (non-hydrogen) atoms. The topological polar surface area (TPSA) is 12.9 Å². The van der Waals surface area contributed by atoms with Crippen LogP contribution in [0, 0.1) is 0 Å². The normalized spacial score (nSPS) is 12.0. The predicted molar refractivity (Wildman–Crippen MR) is 68.1 cm³/mol. The minimum Gasteiger partial charge on any atom is -0.241 e. The van der Waals surface area contributed by atoms with Gasteiger partial charge in [0.1, 0.15) is 4.60 Å². The molecule has 0 spiro atoms. The summed E-state index contributed by atoms with van der Waals surface area (Å²) in [5.41, 5.74) is 2.52. The van der Waals surface area contributed by atoms with Gasteiger partial charge < -0.3 is 0 Å². The Hall–Kier alpha value is -0.890. The van der Waals surface area contributed by atoms with Crippen molar-refractivity contribution in [3.8, 4) is 0 Å². The van der Waals surface area contributed by atoms with Gasteiger partial charge in [-0.1, -0.05) is 45.0 Å². The van der Waals surface area contributed by atoms with Crippen molar-refractivity contribution < 1.29 is 0 Å². The molecular formula is C13H14BrN. The van der Waals surface area contributed by atoms with E-state index >= 15 is 0 Å². The van der Waals surface area contributed by atoms with E-state index in [9.17, 15) is 0 Å². The highest BCUT2D eigenvalue weighted by molar-refractivity contribution is 9.10. The number of hydrogen-bond donors (Lipinski definition) is 0. The number of halogens is 1. The number of nitrogens with zero attached hydrogens (tertiary/aromatic N) is 1. The summed E-state index contributed by atoms with van der Waals surface area (Å²) in [6.07, 6.45) is 0. The van der Waals surface area contributed by atoms with E-state index in [-0.39, 0.29) is 5.41 Å². The van der Waals surface area contributed by atoms with E-state index in [1.54, 1.807) is 0 Å². The van der Waals surface area contributed by atoms with E-state index in [0.29, 0.717) is 0 Å². The van der Waals surface area contributed by atoms with Crippen LogP contribution >= 0.6 is 15.9 Å². The molecule has 0 radical (unpaired) electrons. The highest BCUT2D eigenvalue weighted by Gasteiger charge is 2.17. The molecule has 1 aromatic heterocycles. The lowest BCUT2D eigenvalue weighted by molar-refractivity contribution is 0.594. The molecule has 2 rings (SSSR count). The highest BCUT2D eigenvalue weighted by Crippen LogP contribution is 2.29. The number of para-hydroxylation sites is 1. The van der Waals surface area contributed by atoms with Crippen LogP contribution in [-0.2, 0) is 5.41 Å². The molecule has 1 heterocycles. The summed E-state index contributed by atoms with van der Waals surface area (Å²) in [6, 6.07) is 10.4. The van der Waals surface area contributed by atoms with E-state index in [4.69, 9.17) is 0 Å². The Kier molecular flexibility index (Phi) is 2.55. The van der Waals surface area contributed by atoms with Gasteiger partial charge in [-0.05, 0) is 33.0 Å². The molecule has 0 N–H and O–H groups in total. The van der Waals surface area contributed by atoms with Crippen molar-refractivity contribution in [2.75, 3.05) is 0 Å². The van der Waals surface area contributed by atoms with Crippen molar-refractivity contribution in [3.63, 3.8) is 0 Å². The number of hydrogen-bond acceptors (Lipinski definition) is 1. The van der Waals surface area contributed by atoms with Crippen LogP contribution < -0.4 is 0 Å². The lowest BCUT2D eigenvalue weighted by Crippen LogP contribution is -2.12. The Morgan fingerprint density at radius 1 is 1.07 bits per heavy atom. The summed E-state index contributed by atoms with van der Waals surface area (Å²) in [4.78, 5) is 4.56. The number of rotatable bonds is 0. The minimum absolute atomic E-state index is 0.132. The summed E-state index contributed by atoms with van der Waals surface area (Å²) < 4.78 is 0.895. The van der Waals surface area contributed by atoms with Gasteiger partial charge in [-0.3, -0.25) is 0 Å². The maximum Gasteiger partial charge on any atom is 0.106 e. The zero-order valence-corrected chi connectivity index (χ0v) is 10.8. The first kappa shape index (κ1) is 10.6. The number of benzene rings is 1. The average Bonchev–Trinajstić information content (AvgIpc) is 2.15. The zero-order valence-electron chi connectivity index (χ0n) is 9.21. The summed E-state index contributed by atoms with van der Waals surface area (Å²) in [6.45, 7) is 6.64. The lowest BCUT2D eigenvalue weighted by atomic mass is 9.85. The van der Waals surface area contributed by atoms with Gasteiger partial charge in [0.2, 0.25) is 0 Å². The molecule has 0 bridgehead atoms. The molecular weight excluding hydrogens is 250 g/mol. The molecule has 0 saturated heterocycles. The largest absolute Gasteiger partial charge is 0.241 e. The van der Waals surface area contributed by atoms with Crippen molar-refractivity contribution >= 4 is 26.8 Å². The van der Waals surface area contributed by atoms with Gasteiger partial charge in [-0.25, -0.2) is 4.98 Å². The Morgan fingerprint density at radius 3 is 2.47 bits per heavy atom. The third-order valence-corrected chi connectivity index (χ3v) is 2.94. The van der Waals surface area contributed by atoms with E-state index in [2.05, 4.69) is 66.0 Å². The van der Waals surface area contributed by atoms with Crippen LogP contribution in [-0.4, -0.2) is 4.98 Å². The van der Waals surface area contributed by atoms with Crippen LogP contribution in [0.15, 0.2) is 34.9 Å². The third kappa shape index (κ3) is 2.05. The molecule has 78 valence electrons. The SMILES string of the molecule is CC(C)(C)c1cccc2ccc(Br)nc12. The molecule has 1 aromatic carbocycles. The summed E-state index contributed by atoms with van der Waals surface area (Å²) >= 11 is 3.42. The summed E-state index contributed by atoms with van der Waals surface area (Å²) in [5, 5.41) is 1.20. The molecule has 0 aliphatic heterocycles. The molecule has 2 heteroatoms. The van der Waals surface area contributed by atoms with Gasteiger partial charge in [-0.2, -0.15) is 0 Å². The fourth-order valence-corrected chi connectivity index (χ4v) is 2.04. The quantitative estimate of drug-likeness (QED) is 0.646. The zero-order chi connectivity index (χ0) is 11.1. The first-order chi connectivity index (χ1) is 6.98. The molecule has 0 amide bonds. The molecule has 0 fully saturated rings.